The molecule has 0 aromatic carbocycles. The first-order chi connectivity index (χ1) is 7.86. The van der Waals surface area contributed by atoms with Crippen molar-refractivity contribution in [2.45, 2.75) is 46.1 Å². The molecule has 0 N–H and O–H groups in total. The van der Waals surface area contributed by atoms with Crippen molar-refractivity contribution in [2.75, 3.05) is 6.61 Å². The number of nitrogens with zero attached hydrogens (tertiary/aromatic N) is 2. The zero-order chi connectivity index (χ0) is 13.1. The lowest BCUT2D eigenvalue weighted by atomic mass is 9.92. The van der Waals surface area contributed by atoms with Crippen LogP contribution in [0.1, 0.15) is 45.6 Å². The predicted octanol–water partition coefficient (Wildman–Crippen LogP) is 3.96. The van der Waals surface area contributed by atoms with E-state index in [4.69, 9.17) is 16.3 Å². The zero-order valence-electron chi connectivity index (χ0n) is 10.7. The molecule has 17 heavy (non-hydrogen) atoms. The summed E-state index contributed by atoms with van der Waals surface area (Å²) in [5.41, 5.74) is 0.941. The summed E-state index contributed by atoms with van der Waals surface area (Å²) >= 11 is 8.32. The maximum Gasteiger partial charge on any atom is 0.156 e. The van der Waals surface area contributed by atoms with Crippen LogP contribution in [0.4, 0.5) is 0 Å². The van der Waals surface area contributed by atoms with Crippen LogP contribution in [-0.4, -0.2) is 16.6 Å². The Morgan fingerprint density at radius 3 is 2.47 bits per heavy atom. The first kappa shape index (κ1) is 15.1. The number of hydrogen-bond donors (Lipinski definition) is 0. The van der Waals surface area contributed by atoms with Crippen LogP contribution in [-0.2, 0) is 16.8 Å². The van der Waals surface area contributed by atoms with Crippen LogP contribution in [0.25, 0.3) is 0 Å². The Bertz CT molecular complexity index is 391. The molecule has 3 nitrogen and oxygen atoms in total. The second-order valence-electron chi connectivity index (χ2n) is 4.90. The molecule has 0 radical (unpaired) electrons. The van der Waals surface area contributed by atoms with E-state index >= 15 is 0 Å². The van der Waals surface area contributed by atoms with Crippen molar-refractivity contribution in [3.63, 3.8) is 0 Å². The van der Waals surface area contributed by atoms with Crippen LogP contribution >= 0.6 is 34.2 Å². The van der Waals surface area contributed by atoms with Crippen molar-refractivity contribution in [2.24, 2.45) is 0 Å². The molecule has 0 aliphatic carbocycles. The highest BCUT2D eigenvalue weighted by molar-refractivity contribution is 14.1. The molecule has 1 aromatic rings. The Morgan fingerprint density at radius 2 is 1.94 bits per heavy atom. The number of ether oxygens (including phenoxy) is 1. The fourth-order valence-corrected chi connectivity index (χ4v) is 2.57. The molecule has 0 spiro atoms. The molecule has 0 atom stereocenters. The number of rotatable bonds is 4. The molecule has 1 aromatic heterocycles. The molecule has 5 heteroatoms. The zero-order valence-corrected chi connectivity index (χ0v) is 13.6. The van der Waals surface area contributed by atoms with Gasteiger partial charge in [0.2, 0.25) is 0 Å². The summed E-state index contributed by atoms with van der Waals surface area (Å²) in [5, 5.41) is 0.514. The maximum atomic E-state index is 6.12. The largest absolute Gasteiger partial charge is 0.373 e. The van der Waals surface area contributed by atoms with Gasteiger partial charge in [0.05, 0.1) is 9.26 Å². The Balaban J connectivity index is 2.98. The molecule has 0 amide bonds. The fourth-order valence-electron chi connectivity index (χ4n) is 1.33. The molecule has 0 fully saturated rings. The van der Waals surface area contributed by atoms with E-state index in [9.17, 15) is 0 Å². The first-order valence-electron chi connectivity index (χ1n) is 5.66. The highest BCUT2D eigenvalue weighted by Gasteiger charge is 2.22. The van der Waals surface area contributed by atoms with Gasteiger partial charge in [-0.2, -0.15) is 0 Å². The highest BCUT2D eigenvalue weighted by Crippen LogP contribution is 2.29. The van der Waals surface area contributed by atoms with Gasteiger partial charge in [0.1, 0.15) is 11.8 Å². The SMILES string of the molecule is CCCOCc1nc(Cl)c(I)c(C(C)(C)C)n1. The van der Waals surface area contributed by atoms with Gasteiger partial charge in [-0.1, -0.05) is 39.3 Å². The monoisotopic (exact) mass is 368 g/mol. The predicted molar refractivity (Wildman–Crippen MR) is 78.4 cm³/mol. The molecule has 0 bridgehead atoms. The van der Waals surface area contributed by atoms with Gasteiger partial charge in [-0.05, 0) is 29.0 Å². The second kappa shape index (κ2) is 6.29. The van der Waals surface area contributed by atoms with Crippen molar-refractivity contribution in [3.8, 4) is 0 Å². The molecule has 0 saturated heterocycles. The number of hydrogen-bond acceptors (Lipinski definition) is 3. The topological polar surface area (TPSA) is 35.0 Å². The van der Waals surface area contributed by atoms with Gasteiger partial charge in [-0.25, -0.2) is 9.97 Å². The minimum absolute atomic E-state index is 0.0391. The third-order valence-corrected chi connectivity index (χ3v) is 3.76. The molecule has 1 heterocycles. The Hall–Kier alpha value is 0.0600. The second-order valence-corrected chi connectivity index (χ2v) is 6.33. The van der Waals surface area contributed by atoms with Crippen LogP contribution in [0.15, 0.2) is 0 Å². The molecular formula is C12H18ClIN2O. The minimum atomic E-state index is -0.0391. The smallest absolute Gasteiger partial charge is 0.156 e. The third-order valence-electron chi connectivity index (χ3n) is 2.15. The molecule has 0 unspecified atom stereocenters. The fraction of sp³-hybridized carbons (Fsp3) is 0.667. The summed E-state index contributed by atoms with van der Waals surface area (Å²) in [6.07, 6.45) is 0.990. The third kappa shape index (κ3) is 4.34. The van der Waals surface area contributed by atoms with Gasteiger partial charge in [0.25, 0.3) is 0 Å². The van der Waals surface area contributed by atoms with E-state index in [1.165, 1.54) is 0 Å². The van der Waals surface area contributed by atoms with E-state index in [-0.39, 0.29) is 5.41 Å². The number of halogens is 2. The quantitative estimate of drug-likeness (QED) is 0.458. The standard InChI is InChI=1S/C12H18ClIN2O/c1-5-6-17-7-8-15-10(12(2,3)4)9(14)11(13)16-8/h5-7H2,1-4H3. The van der Waals surface area contributed by atoms with Gasteiger partial charge < -0.3 is 4.74 Å². The van der Waals surface area contributed by atoms with Crippen LogP contribution in [0, 0.1) is 3.57 Å². The van der Waals surface area contributed by atoms with Crippen molar-refractivity contribution in [1.82, 2.24) is 9.97 Å². The first-order valence-corrected chi connectivity index (χ1v) is 7.12. The van der Waals surface area contributed by atoms with Crippen LogP contribution in [0.3, 0.4) is 0 Å². The Morgan fingerprint density at radius 1 is 1.29 bits per heavy atom. The molecule has 1 rings (SSSR count). The van der Waals surface area contributed by atoms with Crippen LogP contribution < -0.4 is 0 Å². The van der Waals surface area contributed by atoms with Crippen LogP contribution in [0.2, 0.25) is 5.15 Å². The van der Waals surface area contributed by atoms with Gasteiger partial charge in [-0.15, -0.1) is 0 Å². The normalized spacial score (nSPS) is 11.9. The van der Waals surface area contributed by atoms with Crippen molar-refractivity contribution in [1.29, 1.82) is 0 Å². The molecule has 96 valence electrons. The van der Waals surface area contributed by atoms with Gasteiger partial charge in [-0.3, -0.25) is 0 Å². The van der Waals surface area contributed by atoms with E-state index in [2.05, 4.69) is 60.3 Å². The minimum Gasteiger partial charge on any atom is -0.373 e. The van der Waals surface area contributed by atoms with Gasteiger partial charge >= 0.3 is 0 Å². The lowest BCUT2D eigenvalue weighted by Gasteiger charge is -2.20. The van der Waals surface area contributed by atoms with E-state index in [0.717, 1.165) is 22.3 Å². The molecular weight excluding hydrogens is 351 g/mol. The van der Waals surface area contributed by atoms with Crippen LogP contribution in [0.5, 0.6) is 0 Å². The Kier molecular flexibility index (Phi) is 5.60. The average Bonchev–Trinajstić information content (AvgIpc) is 2.21. The van der Waals surface area contributed by atoms with Crippen molar-refractivity contribution >= 4 is 34.2 Å². The summed E-state index contributed by atoms with van der Waals surface area (Å²) in [4.78, 5) is 8.79. The van der Waals surface area contributed by atoms with E-state index in [1.807, 2.05) is 0 Å². The van der Waals surface area contributed by atoms with E-state index in [0.29, 0.717) is 17.6 Å². The summed E-state index contributed by atoms with van der Waals surface area (Å²) in [6.45, 7) is 9.56. The van der Waals surface area contributed by atoms with Crippen molar-refractivity contribution < 1.29 is 4.74 Å². The van der Waals surface area contributed by atoms with Crippen molar-refractivity contribution in [3.05, 3.63) is 20.2 Å². The summed E-state index contributed by atoms with van der Waals surface area (Å²) in [5.74, 6) is 0.661. The summed E-state index contributed by atoms with van der Waals surface area (Å²) in [7, 11) is 0. The summed E-state index contributed by atoms with van der Waals surface area (Å²) < 4.78 is 6.37. The van der Waals surface area contributed by atoms with Gasteiger partial charge in [0.15, 0.2) is 5.82 Å². The van der Waals surface area contributed by atoms with E-state index in [1.54, 1.807) is 0 Å². The average molecular weight is 369 g/mol. The summed E-state index contributed by atoms with van der Waals surface area (Å²) in [6, 6.07) is 0. The lowest BCUT2D eigenvalue weighted by molar-refractivity contribution is 0.115. The number of aromatic nitrogens is 2. The maximum absolute atomic E-state index is 6.12. The van der Waals surface area contributed by atoms with Gasteiger partial charge in [0, 0.05) is 12.0 Å². The molecule has 0 saturated carbocycles. The van der Waals surface area contributed by atoms with E-state index < -0.39 is 0 Å². The lowest BCUT2D eigenvalue weighted by Crippen LogP contribution is -2.18. The highest BCUT2D eigenvalue weighted by atomic mass is 127. The Labute approximate surface area is 121 Å². The molecule has 0 aliphatic rings. The molecule has 0 aliphatic heterocycles.